The van der Waals surface area contributed by atoms with Crippen LogP contribution in [0, 0.1) is 0 Å². The minimum Gasteiger partial charge on any atom is -0.305 e. The molecule has 21 heavy (non-hydrogen) atoms. The predicted molar refractivity (Wildman–Crippen MR) is 86.1 cm³/mol. The first-order chi connectivity index (χ1) is 10.4. The summed E-state index contributed by atoms with van der Waals surface area (Å²) in [6.45, 7) is 3.13. The van der Waals surface area contributed by atoms with Crippen molar-refractivity contribution in [1.29, 1.82) is 0 Å². The highest BCUT2D eigenvalue weighted by Gasteiger charge is 2.14. The zero-order valence-corrected chi connectivity index (χ0v) is 12.2. The summed E-state index contributed by atoms with van der Waals surface area (Å²) in [5, 5.41) is 6.10. The van der Waals surface area contributed by atoms with E-state index < -0.39 is 0 Å². The van der Waals surface area contributed by atoms with Crippen molar-refractivity contribution in [2.75, 3.05) is 6.54 Å². The van der Waals surface area contributed by atoms with Crippen molar-refractivity contribution in [3.63, 3.8) is 0 Å². The van der Waals surface area contributed by atoms with Gasteiger partial charge in [-0.15, -0.1) is 0 Å². The summed E-state index contributed by atoms with van der Waals surface area (Å²) in [6, 6.07) is 17.1. The van der Waals surface area contributed by atoms with Crippen LogP contribution in [0.2, 0.25) is 0 Å². The zero-order valence-electron chi connectivity index (χ0n) is 12.2. The van der Waals surface area contributed by atoms with E-state index >= 15 is 0 Å². The van der Waals surface area contributed by atoms with Crippen molar-refractivity contribution >= 4 is 10.8 Å². The lowest BCUT2D eigenvalue weighted by Crippen LogP contribution is -2.24. The quantitative estimate of drug-likeness (QED) is 0.772. The number of fused-ring (bicyclic) bond motifs is 1. The van der Waals surface area contributed by atoms with E-state index in [1.807, 2.05) is 6.07 Å². The van der Waals surface area contributed by atoms with E-state index in [2.05, 4.69) is 64.7 Å². The van der Waals surface area contributed by atoms with Crippen LogP contribution in [0.4, 0.5) is 0 Å². The van der Waals surface area contributed by atoms with Crippen LogP contribution in [0.25, 0.3) is 10.8 Å². The monoisotopic (exact) mass is 277 g/mol. The minimum absolute atomic E-state index is 0.109. The molecule has 0 radical (unpaired) electrons. The van der Waals surface area contributed by atoms with Gasteiger partial charge in [0.25, 0.3) is 0 Å². The highest BCUT2D eigenvalue weighted by molar-refractivity contribution is 5.83. The Morgan fingerprint density at radius 1 is 1.05 bits per heavy atom. The fraction of sp³-hybridized carbons (Fsp3) is 0.222. The summed E-state index contributed by atoms with van der Waals surface area (Å²) in [7, 11) is 0. The summed E-state index contributed by atoms with van der Waals surface area (Å²) < 4.78 is 0. The van der Waals surface area contributed by atoms with Gasteiger partial charge in [0.1, 0.15) is 6.33 Å². The number of hydrogen-bond acceptors (Lipinski definition) is 3. The van der Waals surface area contributed by atoms with Gasteiger partial charge in [-0.2, -0.15) is 0 Å². The van der Waals surface area contributed by atoms with Crippen LogP contribution < -0.4 is 5.32 Å². The molecule has 3 heteroatoms. The van der Waals surface area contributed by atoms with E-state index in [9.17, 15) is 0 Å². The van der Waals surface area contributed by atoms with Crippen molar-refractivity contribution in [2.24, 2.45) is 0 Å². The molecule has 1 aromatic heterocycles. The minimum atomic E-state index is 0.109. The molecule has 0 fully saturated rings. The van der Waals surface area contributed by atoms with Crippen LogP contribution in [-0.4, -0.2) is 16.5 Å². The lowest BCUT2D eigenvalue weighted by molar-refractivity contribution is 0.585. The second kappa shape index (κ2) is 6.46. The average molecular weight is 277 g/mol. The van der Waals surface area contributed by atoms with E-state index in [0.29, 0.717) is 0 Å². The molecule has 1 atom stereocenters. The van der Waals surface area contributed by atoms with Gasteiger partial charge in [-0.05, 0) is 41.4 Å². The molecule has 0 saturated heterocycles. The van der Waals surface area contributed by atoms with Crippen molar-refractivity contribution in [1.82, 2.24) is 15.3 Å². The third-order valence-corrected chi connectivity index (χ3v) is 3.61. The molecule has 0 aliphatic carbocycles. The van der Waals surface area contributed by atoms with Crippen LogP contribution >= 0.6 is 0 Å². The van der Waals surface area contributed by atoms with Gasteiger partial charge in [0.2, 0.25) is 0 Å². The first-order valence-electron chi connectivity index (χ1n) is 7.36. The van der Waals surface area contributed by atoms with E-state index in [1.54, 1.807) is 12.5 Å². The highest BCUT2D eigenvalue weighted by atomic mass is 14.9. The van der Waals surface area contributed by atoms with Crippen LogP contribution in [0.5, 0.6) is 0 Å². The largest absolute Gasteiger partial charge is 0.305 e. The fourth-order valence-corrected chi connectivity index (χ4v) is 2.54. The lowest BCUT2D eigenvalue weighted by atomic mass is 9.99. The maximum atomic E-state index is 4.41. The van der Waals surface area contributed by atoms with Crippen molar-refractivity contribution in [2.45, 2.75) is 19.4 Å². The van der Waals surface area contributed by atoms with Gasteiger partial charge in [0, 0.05) is 6.20 Å². The molecular weight excluding hydrogens is 258 g/mol. The molecule has 0 aliphatic rings. The molecule has 2 aromatic carbocycles. The Hall–Kier alpha value is -2.26. The average Bonchev–Trinajstić information content (AvgIpc) is 2.56. The number of nitrogens with zero attached hydrogens (tertiary/aromatic N) is 2. The van der Waals surface area contributed by atoms with Gasteiger partial charge in [0.15, 0.2) is 0 Å². The zero-order chi connectivity index (χ0) is 14.5. The molecule has 0 amide bonds. The number of benzene rings is 2. The van der Waals surface area contributed by atoms with Crippen LogP contribution in [-0.2, 0) is 0 Å². The van der Waals surface area contributed by atoms with Gasteiger partial charge in [0.05, 0.1) is 11.7 Å². The van der Waals surface area contributed by atoms with E-state index in [0.717, 1.165) is 18.7 Å². The second-order valence-corrected chi connectivity index (χ2v) is 5.13. The van der Waals surface area contributed by atoms with Gasteiger partial charge in [-0.1, -0.05) is 43.3 Å². The first-order valence-corrected chi connectivity index (χ1v) is 7.36. The van der Waals surface area contributed by atoms with Crippen molar-refractivity contribution in [3.05, 3.63) is 72.3 Å². The molecule has 0 spiro atoms. The third-order valence-electron chi connectivity index (χ3n) is 3.61. The van der Waals surface area contributed by atoms with Gasteiger partial charge in [-0.3, -0.25) is 0 Å². The Labute approximate surface area is 125 Å². The summed E-state index contributed by atoms with van der Waals surface area (Å²) in [5.74, 6) is 0. The summed E-state index contributed by atoms with van der Waals surface area (Å²) in [5.41, 5.74) is 2.24. The molecule has 1 unspecified atom stereocenters. The third kappa shape index (κ3) is 3.09. The topological polar surface area (TPSA) is 37.8 Å². The van der Waals surface area contributed by atoms with Crippen LogP contribution in [0.3, 0.4) is 0 Å². The summed E-state index contributed by atoms with van der Waals surface area (Å²) in [4.78, 5) is 8.43. The second-order valence-electron chi connectivity index (χ2n) is 5.13. The standard InChI is InChI=1S/C18H19N3/c1-2-10-20-18(17-9-11-19-13-21-17)16-8-7-14-5-3-4-6-15(14)12-16/h3-9,11-13,18,20H,2,10H2,1H3. The number of hydrogen-bond donors (Lipinski definition) is 1. The van der Waals surface area contributed by atoms with Gasteiger partial charge >= 0.3 is 0 Å². The molecule has 3 aromatic rings. The maximum Gasteiger partial charge on any atom is 0.115 e. The van der Waals surface area contributed by atoms with Crippen molar-refractivity contribution < 1.29 is 0 Å². The molecule has 3 nitrogen and oxygen atoms in total. The maximum absolute atomic E-state index is 4.41. The smallest absolute Gasteiger partial charge is 0.115 e. The molecule has 106 valence electrons. The predicted octanol–water partition coefficient (Wildman–Crippen LogP) is 3.72. The van der Waals surface area contributed by atoms with Crippen LogP contribution in [0.15, 0.2) is 61.1 Å². The number of rotatable bonds is 5. The summed E-state index contributed by atoms with van der Waals surface area (Å²) >= 11 is 0. The number of nitrogens with one attached hydrogen (secondary N) is 1. The molecule has 1 heterocycles. The van der Waals surface area contributed by atoms with E-state index in [-0.39, 0.29) is 6.04 Å². The Morgan fingerprint density at radius 3 is 2.67 bits per heavy atom. The van der Waals surface area contributed by atoms with Crippen molar-refractivity contribution in [3.8, 4) is 0 Å². The Kier molecular flexibility index (Phi) is 4.22. The lowest BCUT2D eigenvalue weighted by Gasteiger charge is -2.19. The Balaban J connectivity index is 2.01. The Bertz CT molecular complexity index is 710. The van der Waals surface area contributed by atoms with Gasteiger partial charge in [-0.25, -0.2) is 9.97 Å². The normalized spacial score (nSPS) is 12.4. The van der Waals surface area contributed by atoms with Crippen LogP contribution in [0.1, 0.15) is 30.6 Å². The molecule has 1 N–H and O–H groups in total. The highest BCUT2D eigenvalue weighted by Crippen LogP contribution is 2.24. The van der Waals surface area contributed by atoms with E-state index in [4.69, 9.17) is 0 Å². The molecule has 0 bridgehead atoms. The molecule has 0 saturated carbocycles. The first kappa shape index (κ1) is 13.7. The van der Waals surface area contributed by atoms with E-state index in [1.165, 1.54) is 16.3 Å². The molecule has 3 rings (SSSR count). The van der Waals surface area contributed by atoms with Gasteiger partial charge < -0.3 is 5.32 Å². The number of aromatic nitrogens is 2. The molecule has 0 aliphatic heterocycles. The SMILES string of the molecule is CCCNC(c1ccc2ccccc2c1)c1ccncn1. The summed E-state index contributed by atoms with van der Waals surface area (Å²) in [6.07, 6.45) is 4.50. The fourth-order valence-electron chi connectivity index (χ4n) is 2.54. The molecular formula is C18H19N3. The Morgan fingerprint density at radius 2 is 1.90 bits per heavy atom.